The highest BCUT2D eigenvalue weighted by atomic mass is 16.5. The Hall–Kier alpha value is -1.63. The maximum Gasteiger partial charge on any atom is 0.328 e. The van der Waals surface area contributed by atoms with Gasteiger partial charge in [-0.2, -0.15) is 0 Å². The summed E-state index contributed by atoms with van der Waals surface area (Å²) in [5.74, 6) is -0.813. The highest BCUT2D eigenvalue weighted by molar-refractivity contribution is 5.91. The third-order valence-electron chi connectivity index (χ3n) is 4.37. The van der Waals surface area contributed by atoms with Crippen molar-refractivity contribution in [2.24, 2.45) is 5.92 Å². The lowest BCUT2D eigenvalue weighted by molar-refractivity contribution is -0.150. The number of hydrogen-bond acceptors (Lipinski definition) is 5. The highest BCUT2D eigenvalue weighted by Gasteiger charge is 2.34. The third kappa shape index (κ3) is 5.20. The van der Waals surface area contributed by atoms with Crippen LogP contribution < -0.4 is 10.6 Å². The zero-order valence-electron chi connectivity index (χ0n) is 13.6. The fourth-order valence-electron chi connectivity index (χ4n) is 3.07. The van der Waals surface area contributed by atoms with Crippen molar-refractivity contribution in [3.63, 3.8) is 0 Å². The van der Waals surface area contributed by atoms with E-state index in [4.69, 9.17) is 9.47 Å². The Bertz CT molecular complexity index is 434. The molecule has 2 saturated heterocycles. The molecule has 130 valence electrons. The average molecular weight is 326 g/mol. The van der Waals surface area contributed by atoms with Gasteiger partial charge >= 0.3 is 5.97 Å². The van der Waals surface area contributed by atoms with Gasteiger partial charge < -0.3 is 20.1 Å². The van der Waals surface area contributed by atoms with Crippen molar-refractivity contribution >= 4 is 17.8 Å². The maximum absolute atomic E-state index is 12.5. The first kappa shape index (κ1) is 17.7. The molecule has 2 amide bonds. The Morgan fingerprint density at radius 1 is 1.30 bits per heavy atom. The number of hydrogen-bond donors (Lipinski definition) is 2. The quantitative estimate of drug-likeness (QED) is 0.718. The van der Waals surface area contributed by atoms with Crippen molar-refractivity contribution < 1.29 is 23.9 Å². The molecule has 2 atom stereocenters. The van der Waals surface area contributed by atoms with Crippen LogP contribution in [-0.2, 0) is 23.9 Å². The van der Waals surface area contributed by atoms with E-state index in [2.05, 4.69) is 10.6 Å². The van der Waals surface area contributed by atoms with Gasteiger partial charge in [0, 0.05) is 19.6 Å². The Balaban J connectivity index is 2.01. The molecule has 0 aromatic carbocycles. The second-order valence-electron chi connectivity index (χ2n) is 6.05. The number of rotatable bonds is 5. The summed E-state index contributed by atoms with van der Waals surface area (Å²) >= 11 is 0. The monoisotopic (exact) mass is 326 g/mol. The Labute approximate surface area is 136 Å². The summed E-state index contributed by atoms with van der Waals surface area (Å²) in [4.78, 5) is 36.3. The minimum absolute atomic E-state index is 0.00762. The topological polar surface area (TPSA) is 93.7 Å². The highest BCUT2D eigenvalue weighted by Crippen LogP contribution is 2.20. The van der Waals surface area contributed by atoms with Gasteiger partial charge in [0.05, 0.1) is 6.61 Å². The van der Waals surface area contributed by atoms with E-state index >= 15 is 0 Å². The number of amides is 2. The van der Waals surface area contributed by atoms with Crippen LogP contribution in [0.1, 0.15) is 45.4 Å². The molecule has 0 aliphatic carbocycles. The lowest BCUT2D eigenvalue weighted by Crippen LogP contribution is -2.54. The summed E-state index contributed by atoms with van der Waals surface area (Å²) < 4.78 is 10.4. The molecule has 0 radical (unpaired) electrons. The SMILES string of the molecule is CCOC(=O)C(NC(=O)C1CCCCC(=O)N1)C1CCOCC1. The molecule has 2 N–H and O–H groups in total. The molecule has 2 unspecified atom stereocenters. The van der Waals surface area contributed by atoms with E-state index in [1.165, 1.54) is 0 Å². The summed E-state index contributed by atoms with van der Waals surface area (Å²) in [6, 6.07) is -1.24. The van der Waals surface area contributed by atoms with E-state index in [0.717, 1.165) is 12.8 Å². The van der Waals surface area contributed by atoms with Crippen LogP contribution in [0.5, 0.6) is 0 Å². The van der Waals surface area contributed by atoms with Crippen LogP contribution >= 0.6 is 0 Å². The molecule has 0 saturated carbocycles. The number of ether oxygens (including phenoxy) is 2. The van der Waals surface area contributed by atoms with Crippen molar-refractivity contribution in [1.82, 2.24) is 10.6 Å². The molecule has 2 fully saturated rings. The number of carbonyl (C=O) groups excluding carboxylic acids is 3. The summed E-state index contributed by atoms with van der Waals surface area (Å²) in [6.45, 7) is 3.17. The largest absolute Gasteiger partial charge is 0.464 e. The maximum atomic E-state index is 12.5. The molecule has 2 aliphatic heterocycles. The standard InChI is InChI=1S/C16H26N2O5/c1-2-23-16(21)14(11-7-9-22-10-8-11)18-15(20)12-5-3-4-6-13(19)17-12/h11-12,14H,2-10H2,1H3,(H,17,19)(H,18,20). The van der Waals surface area contributed by atoms with E-state index in [9.17, 15) is 14.4 Å². The van der Waals surface area contributed by atoms with Crippen LogP contribution in [0.4, 0.5) is 0 Å². The van der Waals surface area contributed by atoms with Crippen LogP contribution in [0.2, 0.25) is 0 Å². The normalized spacial score (nSPS) is 24.2. The molecule has 7 heteroatoms. The fraction of sp³-hybridized carbons (Fsp3) is 0.812. The second kappa shape index (κ2) is 8.86. The minimum Gasteiger partial charge on any atom is -0.464 e. The van der Waals surface area contributed by atoms with Gasteiger partial charge in [-0.1, -0.05) is 6.42 Å². The van der Waals surface area contributed by atoms with E-state index < -0.39 is 18.1 Å². The first-order valence-corrected chi connectivity index (χ1v) is 8.46. The van der Waals surface area contributed by atoms with Crippen molar-refractivity contribution in [2.45, 2.75) is 57.5 Å². The van der Waals surface area contributed by atoms with Crippen LogP contribution in [0, 0.1) is 5.92 Å². The van der Waals surface area contributed by atoms with Crippen molar-refractivity contribution in [3.8, 4) is 0 Å². The van der Waals surface area contributed by atoms with Crippen LogP contribution in [0.25, 0.3) is 0 Å². The Kier molecular flexibility index (Phi) is 6.83. The lowest BCUT2D eigenvalue weighted by atomic mass is 9.91. The van der Waals surface area contributed by atoms with Gasteiger partial charge in [0.2, 0.25) is 11.8 Å². The predicted octanol–water partition coefficient (Wildman–Crippen LogP) is 0.520. The summed E-state index contributed by atoms with van der Waals surface area (Å²) in [6.07, 6.45) is 4.07. The van der Waals surface area contributed by atoms with Gasteiger partial charge in [0.15, 0.2) is 0 Å². The zero-order valence-corrected chi connectivity index (χ0v) is 13.6. The molecule has 0 spiro atoms. The van der Waals surface area contributed by atoms with Crippen molar-refractivity contribution in [2.75, 3.05) is 19.8 Å². The van der Waals surface area contributed by atoms with Gasteiger partial charge in [-0.15, -0.1) is 0 Å². The molecular formula is C16H26N2O5. The fourth-order valence-corrected chi connectivity index (χ4v) is 3.07. The third-order valence-corrected chi connectivity index (χ3v) is 4.37. The first-order valence-electron chi connectivity index (χ1n) is 8.46. The average Bonchev–Trinajstić information content (AvgIpc) is 2.78. The minimum atomic E-state index is -0.675. The number of esters is 1. The van der Waals surface area contributed by atoms with Gasteiger partial charge in [0.25, 0.3) is 0 Å². The predicted molar refractivity (Wildman–Crippen MR) is 82.5 cm³/mol. The first-order chi connectivity index (χ1) is 11.1. The number of nitrogens with one attached hydrogen (secondary N) is 2. The smallest absolute Gasteiger partial charge is 0.328 e. The lowest BCUT2D eigenvalue weighted by Gasteiger charge is -2.30. The molecular weight excluding hydrogens is 300 g/mol. The Morgan fingerprint density at radius 2 is 2.04 bits per heavy atom. The summed E-state index contributed by atoms with van der Waals surface area (Å²) in [5, 5.41) is 5.54. The summed E-state index contributed by atoms with van der Waals surface area (Å²) in [5.41, 5.74) is 0. The summed E-state index contributed by atoms with van der Waals surface area (Å²) in [7, 11) is 0. The van der Waals surface area contributed by atoms with E-state index in [0.29, 0.717) is 38.9 Å². The van der Waals surface area contributed by atoms with Crippen LogP contribution in [0.3, 0.4) is 0 Å². The molecule has 7 nitrogen and oxygen atoms in total. The molecule has 0 bridgehead atoms. The molecule has 2 rings (SSSR count). The molecule has 2 aliphatic rings. The van der Waals surface area contributed by atoms with E-state index in [1.807, 2.05) is 0 Å². The van der Waals surface area contributed by atoms with Crippen LogP contribution in [0.15, 0.2) is 0 Å². The van der Waals surface area contributed by atoms with Gasteiger partial charge in [-0.25, -0.2) is 4.79 Å². The zero-order chi connectivity index (χ0) is 16.7. The molecule has 0 aromatic rings. The van der Waals surface area contributed by atoms with Crippen LogP contribution in [-0.4, -0.2) is 49.7 Å². The van der Waals surface area contributed by atoms with E-state index in [1.54, 1.807) is 6.92 Å². The van der Waals surface area contributed by atoms with Crippen molar-refractivity contribution in [1.29, 1.82) is 0 Å². The Morgan fingerprint density at radius 3 is 2.74 bits per heavy atom. The van der Waals surface area contributed by atoms with Gasteiger partial charge in [-0.05, 0) is 38.5 Å². The second-order valence-corrected chi connectivity index (χ2v) is 6.05. The molecule has 23 heavy (non-hydrogen) atoms. The molecule has 2 heterocycles. The number of carbonyl (C=O) groups is 3. The van der Waals surface area contributed by atoms with Gasteiger partial charge in [-0.3, -0.25) is 9.59 Å². The van der Waals surface area contributed by atoms with Crippen molar-refractivity contribution in [3.05, 3.63) is 0 Å². The van der Waals surface area contributed by atoms with Gasteiger partial charge in [0.1, 0.15) is 12.1 Å². The molecule has 0 aromatic heterocycles. The van der Waals surface area contributed by atoms with E-state index in [-0.39, 0.29) is 24.3 Å².